The highest BCUT2D eigenvalue weighted by atomic mass is 32.2. The van der Waals surface area contributed by atoms with E-state index >= 15 is 0 Å². The van der Waals surface area contributed by atoms with Crippen LogP contribution in [0.5, 0.6) is 0 Å². The number of nitrogens with one attached hydrogen (secondary N) is 1. The van der Waals surface area contributed by atoms with Crippen LogP contribution < -0.4 is 5.32 Å². The standard InChI is InChI=1S/C21H37N3O3S/c1-8-15-14-27-18(13-17(15)21(4,5)26)22-19(25)20(2,3)23(6)16-9-11-24(28-7)12-10-16/h13,16,26H,8-12,14H2,1-7H3,(H,22,25). The van der Waals surface area contributed by atoms with Gasteiger partial charge in [0.05, 0.1) is 11.1 Å². The van der Waals surface area contributed by atoms with Gasteiger partial charge in [-0.2, -0.15) is 0 Å². The average molecular weight is 412 g/mol. The van der Waals surface area contributed by atoms with Gasteiger partial charge in [-0.05, 0) is 71.4 Å². The smallest absolute Gasteiger partial charge is 0.246 e. The van der Waals surface area contributed by atoms with Crippen LogP contribution in [0.3, 0.4) is 0 Å². The summed E-state index contributed by atoms with van der Waals surface area (Å²) in [4.78, 5) is 15.3. The fourth-order valence-electron chi connectivity index (χ4n) is 3.78. The van der Waals surface area contributed by atoms with Gasteiger partial charge in [-0.15, -0.1) is 0 Å². The Morgan fingerprint density at radius 2 is 1.96 bits per heavy atom. The second kappa shape index (κ2) is 9.20. The molecule has 1 amide bonds. The molecule has 0 saturated carbocycles. The lowest BCUT2D eigenvalue weighted by molar-refractivity contribution is -0.133. The molecule has 0 atom stereocenters. The monoisotopic (exact) mass is 411 g/mol. The third-order valence-electron chi connectivity index (χ3n) is 6.05. The number of amides is 1. The van der Waals surface area contributed by atoms with Crippen molar-refractivity contribution in [1.82, 2.24) is 14.5 Å². The summed E-state index contributed by atoms with van der Waals surface area (Å²) in [5.41, 5.74) is 0.248. The van der Waals surface area contributed by atoms with Crippen molar-refractivity contribution in [2.24, 2.45) is 0 Å². The predicted molar refractivity (Wildman–Crippen MR) is 116 cm³/mol. The van der Waals surface area contributed by atoms with Gasteiger partial charge < -0.3 is 9.84 Å². The van der Waals surface area contributed by atoms with Crippen LogP contribution in [-0.4, -0.2) is 70.4 Å². The maximum Gasteiger partial charge on any atom is 0.246 e. The Bertz CT molecular complexity index is 629. The Kier molecular flexibility index (Phi) is 7.64. The number of carbonyl (C=O) groups excluding carboxylic acids is 1. The first-order chi connectivity index (χ1) is 13.0. The molecule has 1 fully saturated rings. The molecule has 2 rings (SSSR count). The molecular formula is C21H37N3O3S. The van der Waals surface area contributed by atoms with E-state index in [-0.39, 0.29) is 5.91 Å². The summed E-state index contributed by atoms with van der Waals surface area (Å²) >= 11 is 1.79. The summed E-state index contributed by atoms with van der Waals surface area (Å²) in [6.45, 7) is 12.0. The van der Waals surface area contributed by atoms with Gasteiger partial charge in [0.2, 0.25) is 5.91 Å². The van der Waals surface area contributed by atoms with Gasteiger partial charge in [-0.3, -0.25) is 19.3 Å². The molecule has 1 saturated heterocycles. The number of hydrogen-bond donors (Lipinski definition) is 2. The van der Waals surface area contributed by atoms with Gasteiger partial charge in [-0.25, -0.2) is 0 Å². The van der Waals surface area contributed by atoms with Crippen molar-refractivity contribution in [1.29, 1.82) is 0 Å². The largest absolute Gasteiger partial charge is 0.474 e. The molecule has 0 bridgehead atoms. The molecule has 160 valence electrons. The molecule has 2 aliphatic rings. The van der Waals surface area contributed by atoms with Crippen molar-refractivity contribution < 1.29 is 14.6 Å². The minimum Gasteiger partial charge on any atom is -0.474 e. The van der Waals surface area contributed by atoms with E-state index in [0.29, 0.717) is 18.5 Å². The van der Waals surface area contributed by atoms with Crippen LogP contribution in [0.25, 0.3) is 0 Å². The van der Waals surface area contributed by atoms with Crippen LogP contribution in [0.4, 0.5) is 0 Å². The van der Waals surface area contributed by atoms with Gasteiger partial charge in [-0.1, -0.05) is 18.9 Å². The number of ether oxygens (including phenoxy) is 1. The van der Waals surface area contributed by atoms with Crippen molar-refractivity contribution in [2.75, 3.05) is 33.0 Å². The Labute approximate surface area is 174 Å². The van der Waals surface area contributed by atoms with Crippen LogP contribution in [0.15, 0.2) is 23.1 Å². The van der Waals surface area contributed by atoms with Crippen molar-refractivity contribution >= 4 is 17.9 Å². The van der Waals surface area contributed by atoms with Crippen molar-refractivity contribution in [3.63, 3.8) is 0 Å². The summed E-state index contributed by atoms with van der Waals surface area (Å²) < 4.78 is 8.13. The molecule has 0 radical (unpaired) electrons. The normalized spacial score (nSPS) is 20.2. The minimum atomic E-state index is -0.970. The fraction of sp³-hybridized carbons (Fsp3) is 0.762. The zero-order valence-electron chi connectivity index (χ0n) is 18.5. The van der Waals surface area contributed by atoms with E-state index in [9.17, 15) is 9.90 Å². The third-order valence-corrected chi connectivity index (χ3v) is 6.93. The first kappa shape index (κ1) is 23.3. The maximum atomic E-state index is 13.1. The summed E-state index contributed by atoms with van der Waals surface area (Å²) in [6, 6.07) is 0.379. The number of piperidine rings is 1. The molecule has 2 N–H and O–H groups in total. The second-order valence-corrected chi connectivity index (χ2v) is 9.58. The van der Waals surface area contributed by atoms with Crippen molar-refractivity contribution in [3.05, 3.63) is 23.1 Å². The molecular weight excluding hydrogens is 374 g/mol. The van der Waals surface area contributed by atoms with Crippen molar-refractivity contribution in [2.45, 2.75) is 71.1 Å². The number of likely N-dealkylation sites (N-methyl/N-ethyl adjacent to an activating group) is 1. The Hall–Kier alpha value is -1.02. The lowest BCUT2D eigenvalue weighted by atomic mass is 9.90. The number of aliphatic hydroxyl groups is 1. The van der Waals surface area contributed by atoms with Crippen LogP contribution in [0, 0.1) is 0 Å². The van der Waals surface area contributed by atoms with Crippen LogP contribution in [-0.2, 0) is 9.53 Å². The topological polar surface area (TPSA) is 65.0 Å². The van der Waals surface area contributed by atoms with Crippen molar-refractivity contribution in [3.8, 4) is 0 Å². The molecule has 6 nitrogen and oxygen atoms in total. The van der Waals surface area contributed by atoms with E-state index in [1.165, 1.54) is 0 Å². The summed E-state index contributed by atoms with van der Waals surface area (Å²) in [5.74, 6) is 0.321. The molecule has 0 unspecified atom stereocenters. The molecule has 7 heteroatoms. The van der Waals surface area contributed by atoms with Crippen LogP contribution in [0.2, 0.25) is 0 Å². The highest BCUT2D eigenvalue weighted by Gasteiger charge is 2.38. The van der Waals surface area contributed by atoms with Gasteiger partial charge in [0.1, 0.15) is 6.61 Å². The Morgan fingerprint density at radius 1 is 1.36 bits per heavy atom. The molecule has 28 heavy (non-hydrogen) atoms. The number of hydrogen-bond acceptors (Lipinski definition) is 6. The predicted octanol–water partition coefficient (Wildman–Crippen LogP) is 2.90. The zero-order valence-corrected chi connectivity index (χ0v) is 19.3. The molecule has 0 aromatic rings. The zero-order chi connectivity index (χ0) is 21.1. The minimum absolute atomic E-state index is 0.0939. The number of carbonyl (C=O) groups is 1. The molecule has 2 heterocycles. The van der Waals surface area contributed by atoms with Gasteiger partial charge in [0.15, 0.2) is 5.88 Å². The lowest BCUT2D eigenvalue weighted by Crippen LogP contribution is -2.58. The molecule has 0 aromatic heterocycles. The number of nitrogens with zero attached hydrogens (tertiary/aromatic N) is 2. The first-order valence-electron chi connectivity index (χ1n) is 10.1. The summed E-state index contributed by atoms with van der Waals surface area (Å²) in [6.07, 6.45) is 6.80. The van der Waals surface area contributed by atoms with Gasteiger partial charge in [0.25, 0.3) is 0 Å². The fourth-order valence-corrected chi connectivity index (χ4v) is 4.36. The maximum absolute atomic E-state index is 13.1. The Balaban J connectivity index is 2.08. The highest BCUT2D eigenvalue weighted by molar-refractivity contribution is 7.96. The SMILES string of the molecule is CCC1=C(C(C)(C)O)C=C(NC(=O)C(C)(C)N(C)C2CCN(SC)CC2)OC1. The third kappa shape index (κ3) is 5.32. The van der Waals surface area contributed by atoms with Gasteiger partial charge in [0, 0.05) is 25.2 Å². The van der Waals surface area contributed by atoms with E-state index in [1.807, 2.05) is 27.8 Å². The molecule has 0 aliphatic carbocycles. The van der Waals surface area contributed by atoms with Crippen LogP contribution >= 0.6 is 11.9 Å². The van der Waals surface area contributed by atoms with E-state index in [4.69, 9.17) is 4.74 Å². The summed E-state index contributed by atoms with van der Waals surface area (Å²) in [7, 11) is 2.03. The Morgan fingerprint density at radius 3 is 2.46 bits per heavy atom. The van der Waals surface area contributed by atoms with E-state index in [0.717, 1.165) is 43.5 Å². The summed E-state index contributed by atoms with van der Waals surface area (Å²) in [5, 5.41) is 13.4. The second-order valence-electron chi connectivity index (χ2n) is 8.69. The van der Waals surface area contributed by atoms with E-state index in [1.54, 1.807) is 31.9 Å². The highest BCUT2D eigenvalue weighted by Crippen LogP contribution is 2.29. The molecule has 0 aromatic carbocycles. The van der Waals surface area contributed by atoms with Gasteiger partial charge >= 0.3 is 0 Å². The average Bonchev–Trinajstić information content (AvgIpc) is 2.66. The lowest BCUT2D eigenvalue weighted by Gasteiger charge is -2.43. The molecule has 0 spiro atoms. The number of rotatable bonds is 7. The van der Waals surface area contributed by atoms with E-state index in [2.05, 4.69) is 20.8 Å². The quantitative estimate of drug-likeness (QED) is 0.628. The molecule has 2 aliphatic heterocycles. The van der Waals surface area contributed by atoms with E-state index < -0.39 is 11.1 Å². The first-order valence-corrected chi connectivity index (χ1v) is 11.3. The van der Waals surface area contributed by atoms with Crippen LogP contribution in [0.1, 0.15) is 53.9 Å².